The molecule has 1 N–H and O–H groups in total. The maximum atomic E-state index is 10.8. The molecule has 0 atom stereocenters. The molecule has 0 aromatic heterocycles. The summed E-state index contributed by atoms with van der Waals surface area (Å²) in [6.45, 7) is 3.14. The summed E-state index contributed by atoms with van der Waals surface area (Å²) >= 11 is 0. The number of hydrogen-bond acceptors (Lipinski definition) is 5. The van der Waals surface area contributed by atoms with Crippen LogP contribution in [0.4, 0.5) is 11.4 Å². The summed E-state index contributed by atoms with van der Waals surface area (Å²) in [5, 5.41) is 23.0. The maximum absolute atomic E-state index is 10.8. The summed E-state index contributed by atoms with van der Waals surface area (Å²) in [6, 6.07) is 6.47. The van der Waals surface area contributed by atoms with Gasteiger partial charge in [-0.3, -0.25) is 10.1 Å². The highest BCUT2D eigenvalue weighted by Crippen LogP contribution is 2.23. The van der Waals surface area contributed by atoms with Crippen LogP contribution >= 0.6 is 0 Å². The fourth-order valence-electron chi connectivity index (χ4n) is 2.67. The van der Waals surface area contributed by atoms with Crippen molar-refractivity contribution in [3.8, 4) is 6.07 Å². The number of nitrogens with one attached hydrogen (secondary N) is 1. The van der Waals surface area contributed by atoms with E-state index in [0.29, 0.717) is 0 Å². The van der Waals surface area contributed by atoms with E-state index in [-0.39, 0.29) is 11.3 Å². The molecule has 1 saturated heterocycles. The average Bonchev–Trinajstić information content (AvgIpc) is 2.49. The lowest BCUT2D eigenvalue weighted by atomic mass is 9.94. The molecule has 1 aromatic rings. The monoisotopic (exact) mass is 288 g/mol. The Bertz CT molecular complexity index is 545. The molecule has 0 aliphatic carbocycles. The van der Waals surface area contributed by atoms with Crippen LogP contribution in [0.15, 0.2) is 18.2 Å². The molecule has 0 amide bonds. The molecular weight excluding hydrogens is 268 g/mol. The number of nitro groups is 1. The minimum atomic E-state index is -0.527. The molecule has 21 heavy (non-hydrogen) atoms. The molecule has 1 aliphatic rings. The fourth-order valence-corrected chi connectivity index (χ4v) is 2.67. The van der Waals surface area contributed by atoms with Crippen molar-refractivity contribution in [2.75, 3.05) is 32.0 Å². The first kappa shape index (κ1) is 15.3. The van der Waals surface area contributed by atoms with Crippen LogP contribution in [0.25, 0.3) is 0 Å². The predicted octanol–water partition coefficient (Wildman–Crippen LogP) is 2.61. The summed E-state index contributed by atoms with van der Waals surface area (Å²) in [5.74, 6) is 0.738. The molecule has 1 heterocycles. The zero-order valence-corrected chi connectivity index (χ0v) is 12.2. The summed E-state index contributed by atoms with van der Waals surface area (Å²) in [7, 11) is 2.15. The van der Waals surface area contributed by atoms with Crippen LogP contribution in [0.1, 0.15) is 24.8 Å². The van der Waals surface area contributed by atoms with Crippen molar-refractivity contribution in [3.63, 3.8) is 0 Å². The van der Waals surface area contributed by atoms with Gasteiger partial charge < -0.3 is 10.2 Å². The second kappa shape index (κ2) is 7.04. The third-order valence-electron chi connectivity index (χ3n) is 4.03. The van der Waals surface area contributed by atoms with Gasteiger partial charge in [-0.2, -0.15) is 5.26 Å². The predicted molar refractivity (Wildman–Crippen MR) is 81.1 cm³/mol. The van der Waals surface area contributed by atoms with Crippen LogP contribution in [-0.2, 0) is 0 Å². The quantitative estimate of drug-likeness (QED) is 0.665. The summed E-state index contributed by atoms with van der Waals surface area (Å²) < 4.78 is 0. The molecule has 0 saturated carbocycles. The normalized spacial score (nSPS) is 16.4. The summed E-state index contributed by atoms with van der Waals surface area (Å²) in [5.41, 5.74) is 0.729. The Kier molecular flexibility index (Phi) is 5.12. The Morgan fingerprint density at radius 3 is 2.81 bits per heavy atom. The molecule has 6 nitrogen and oxygen atoms in total. The molecule has 1 fully saturated rings. The van der Waals surface area contributed by atoms with Gasteiger partial charge in [-0.05, 0) is 57.5 Å². The smallest absolute Gasteiger partial charge is 0.287 e. The number of likely N-dealkylation sites (tertiary alicyclic amines) is 1. The van der Waals surface area contributed by atoms with Gasteiger partial charge in [0.2, 0.25) is 0 Å². The van der Waals surface area contributed by atoms with Crippen LogP contribution in [0.2, 0.25) is 0 Å². The van der Waals surface area contributed by atoms with Gasteiger partial charge in [0.15, 0.2) is 0 Å². The lowest BCUT2D eigenvalue weighted by Crippen LogP contribution is -2.30. The van der Waals surface area contributed by atoms with Gasteiger partial charge in [-0.15, -0.1) is 0 Å². The Morgan fingerprint density at radius 2 is 2.19 bits per heavy atom. The largest absolute Gasteiger partial charge is 0.385 e. The van der Waals surface area contributed by atoms with E-state index in [9.17, 15) is 10.1 Å². The van der Waals surface area contributed by atoms with Crippen molar-refractivity contribution in [1.29, 1.82) is 5.26 Å². The van der Waals surface area contributed by atoms with Crippen LogP contribution < -0.4 is 5.32 Å². The van der Waals surface area contributed by atoms with Crippen LogP contribution in [0.5, 0.6) is 0 Å². The number of benzene rings is 1. The van der Waals surface area contributed by atoms with Crippen molar-refractivity contribution in [2.45, 2.75) is 19.3 Å². The second-order valence-electron chi connectivity index (χ2n) is 5.56. The first-order valence-electron chi connectivity index (χ1n) is 7.21. The third kappa shape index (κ3) is 4.17. The van der Waals surface area contributed by atoms with Gasteiger partial charge in [0.05, 0.1) is 4.92 Å². The van der Waals surface area contributed by atoms with Crippen LogP contribution in [0.3, 0.4) is 0 Å². The van der Waals surface area contributed by atoms with Gasteiger partial charge in [0.25, 0.3) is 5.69 Å². The van der Waals surface area contributed by atoms with E-state index in [1.807, 2.05) is 6.07 Å². The Labute approximate surface area is 124 Å². The SMILES string of the molecule is CN1CCC(CCNc2ccc([N+](=O)[O-])c(C#N)c2)CC1. The van der Waals surface area contributed by atoms with Crippen molar-refractivity contribution in [3.05, 3.63) is 33.9 Å². The Balaban J connectivity index is 1.86. The number of nitro benzene ring substituents is 1. The zero-order chi connectivity index (χ0) is 15.2. The number of nitrogens with zero attached hydrogens (tertiary/aromatic N) is 3. The highest BCUT2D eigenvalue weighted by molar-refractivity contribution is 5.58. The molecule has 2 rings (SSSR count). The molecule has 1 aliphatic heterocycles. The van der Waals surface area contributed by atoms with E-state index in [4.69, 9.17) is 5.26 Å². The molecule has 1 aromatic carbocycles. The van der Waals surface area contributed by atoms with Gasteiger partial charge in [0.1, 0.15) is 11.6 Å². The third-order valence-corrected chi connectivity index (χ3v) is 4.03. The summed E-state index contributed by atoms with van der Waals surface area (Å²) in [4.78, 5) is 12.6. The number of hydrogen-bond donors (Lipinski definition) is 1. The maximum Gasteiger partial charge on any atom is 0.287 e. The lowest BCUT2D eigenvalue weighted by Gasteiger charge is -2.28. The lowest BCUT2D eigenvalue weighted by molar-refractivity contribution is -0.385. The molecule has 6 heteroatoms. The second-order valence-corrected chi connectivity index (χ2v) is 5.56. The number of rotatable bonds is 5. The van der Waals surface area contributed by atoms with E-state index in [0.717, 1.165) is 37.7 Å². The highest BCUT2D eigenvalue weighted by atomic mass is 16.6. The standard InChI is InChI=1S/C15H20N4O2/c1-18-8-5-12(6-9-18)4-7-17-14-2-3-15(19(20)21)13(10-14)11-16/h2-3,10,12,17H,4-9H2,1H3. The van der Waals surface area contributed by atoms with Gasteiger partial charge in [-0.25, -0.2) is 0 Å². The first-order valence-corrected chi connectivity index (χ1v) is 7.21. The van der Waals surface area contributed by atoms with Gasteiger partial charge >= 0.3 is 0 Å². The van der Waals surface area contributed by atoms with E-state index in [1.165, 1.54) is 18.9 Å². The minimum absolute atomic E-state index is 0.101. The van der Waals surface area contributed by atoms with Crippen LogP contribution in [-0.4, -0.2) is 36.5 Å². The van der Waals surface area contributed by atoms with E-state index in [2.05, 4.69) is 17.3 Å². The molecule has 0 radical (unpaired) electrons. The van der Waals surface area contributed by atoms with Gasteiger partial charge in [-0.1, -0.05) is 0 Å². The molecule has 0 spiro atoms. The van der Waals surface area contributed by atoms with Crippen molar-refractivity contribution in [2.24, 2.45) is 5.92 Å². The number of anilines is 1. The van der Waals surface area contributed by atoms with E-state index in [1.54, 1.807) is 12.1 Å². The summed E-state index contributed by atoms with van der Waals surface area (Å²) in [6.07, 6.45) is 3.54. The molecule has 0 bridgehead atoms. The fraction of sp³-hybridized carbons (Fsp3) is 0.533. The van der Waals surface area contributed by atoms with E-state index < -0.39 is 4.92 Å². The number of piperidine rings is 1. The number of nitriles is 1. The van der Waals surface area contributed by atoms with Crippen molar-refractivity contribution in [1.82, 2.24) is 4.90 Å². The minimum Gasteiger partial charge on any atom is -0.385 e. The molecule has 112 valence electrons. The van der Waals surface area contributed by atoms with Crippen LogP contribution in [0, 0.1) is 27.4 Å². The van der Waals surface area contributed by atoms with Crippen molar-refractivity contribution >= 4 is 11.4 Å². The topological polar surface area (TPSA) is 82.2 Å². The first-order chi connectivity index (χ1) is 10.1. The van der Waals surface area contributed by atoms with E-state index >= 15 is 0 Å². The molecule has 0 unspecified atom stereocenters. The van der Waals surface area contributed by atoms with Gasteiger partial charge in [0, 0.05) is 18.3 Å². The Hall–Kier alpha value is -2.13. The Morgan fingerprint density at radius 1 is 1.48 bits per heavy atom. The van der Waals surface area contributed by atoms with Crippen molar-refractivity contribution < 1.29 is 4.92 Å². The zero-order valence-electron chi connectivity index (χ0n) is 12.2. The molecular formula is C15H20N4O2. The highest BCUT2D eigenvalue weighted by Gasteiger charge is 2.16. The average molecular weight is 288 g/mol.